The van der Waals surface area contributed by atoms with E-state index in [0.29, 0.717) is 11.7 Å². The molecule has 0 unspecified atom stereocenters. The van der Waals surface area contributed by atoms with Crippen molar-refractivity contribution in [3.8, 4) is 5.69 Å². The van der Waals surface area contributed by atoms with E-state index < -0.39 is 5.97 Å². The van der Waals surface area contributed by atoms with Gasteiger partial charge in [-0.1, -0.05) is 30.5 Å². The molecule has 0 atom stereocenters. The number of hydrogen-bond donors (Lipinski definition) is 3. The summed E-state index contributed by atoms with van der Waals surface area (Å²) in [6, 6.07) is 10.3. The van der Waals surface area contributed by atoms with E-state index in [9.17, 15) is 9.59 Å². The zero-order valence-corrected chi connectivity index (χ0v) is 19.7. The second kappa shape index (κ2) is 11.0. The summed E-state index contributed by atoms with van der Waals surface area (Å²) in [6.45, 7) is 0. The predicted octanol–water partition coefficient (Wildman–Crippen LogP) is 0.0473. The number of carboxylic acids is 1. The minimum atomic E-state index is -1.07. The van der Waals surface area contributed by atoms with Crippen molar-refractivity contribution in [2.45, 2.75) is 31.7 Å². The van der Waals surface area contributed by atoms with Crippen LogP contribution in [0.5, 0.6) is 0 Å². The second-order valence-corrected chi connectivity index (χ2v) is 7.18. The maximum atomic E-state index is 11.9. The first-order valence-electron chi connectivity index (χ1n) is 9.96. The van der Waals surface area contributed by atoms with E-state index in [1.54, 1.807) is 18.5 Å². The molecular formula is C22H21N6NaO3. The zero-order chi connectivity index (χ0) is 21.6. The Morgan fingerprint density at radius 2 is 1.97 bits per heavy atom. The summed E-state index contributed by atoms with van der Waals surface area (Å²) < 4.78 is 1.29. The van der Waals surface area contributed by atoms with Crippen molar-refractivity contribution in [2.75, 3.05) is 5.32 Å². The molecule has 5 rings (SSSR count). The number of carboxylic acid groups (broad SMARTS) is 1. The van der Waals surface area contributed by atoms with Crippen LogP contribution in [-0.4, -0.2) is 41.6 Å². The van der Waals surface area contributed by atoms with E-state index in [1.807, 2.05) is 18.2 Å². The SMILES string of the molecule is O=C(O)c1ccc(=O)n(-c2ccc(NC3CCCC3)nc2)c1.[Na+].[c-]1nc2cccnc2[nH]1. The third-order valence-corrected chi connectivity index (χ3v) is 5.03. The molecule has 4 aromatic heterocycles. The standard InChI is InChI=1S/C16H17N3O3.C6H4N3.Na/c20-15-8-5-11(16(21)22)10-19(15)13-6-7-14(17-9-13)18-12-3-1-2-4-12;1-2-5-6(7-3-1)9-4-8-5;/h5-10,12H,1-4H2,(H,17,18)(H,21,22);1-3H,(H,7,8,9);/q;-1;+1. The Morgan fingerprint density at radius 1 is 1.16 bits per heavy atom. The number of nitrogens with one attached hydrogen (secondary N) is 2. The third kappa shape index (κ3) is 5.82. The number of aromatic carboxylic acids is 1. The van der Waals surface area contributed by atoms with Gasteiger partial charge in [0.1, 0.15) is 5.82 Å². The molecule has 158 valence electrons. The molecule has 9 nitrogen and oxygen atoms in total. The molecule has 4 heterocycles. The number of nitrogens with zero attached hydrogens (tertiary/aromatic N) is 4. The molecule has 1 fully saturated rings. The first-order valence-corrected chi connectivity index (χ1v) is 9.96. The molecule has 10 heteroatoms. The normalized spacial score (nSPS) is 13.1. The van der Waals surface area contributed by atoms with Gasteiger partial charge in [-0.05, 0) is 37.4 Å². The fraction of sp³-hybridized carbons (Fsp3) is 0.227. The van der Waals surface area contributed by atoms with Crippen LogP contribution < -0.4 is 40.4 Å². The van der Waals surface area contributed by atoms with Crippen LogP contribution in [0.3, 0.4) is 0 Å². The number of carbonyl (C=O) groups is 1. The van der Waals surface area contributed by atoms with Crippen LogP contribution in [0.1, 0.15) is 36.0 Å². The summed E-state index contributed by atoms with van der Waals surface area (Å²) in [5.41, 5.74) is 1.97. The molecule has 0 radical (unpaired) electrons. The number of H-pyrrole nitrogens is 1. The van der Waals surface area contributed by atoms with Crippen molar-refractivity contribution in [1.29, 1.82) is 0 Å². The largest absolute Gasteiger partial charge is 1.00 e. The van der Waals surface area contributed by atoms with Crippen LogP contribution in [0.15, 0.2) is 59.8 Å². The molecule has 4 aromatic rings. The molecule has 1 aliphatic rings. The topological polar surface area (TPSA) is 126 Å². The van der Waals surface area contributed by atoms with Gasteiger partial charge >= 0.3 is 35.5 Å². The monoisotopic (exact) mass is 440 g/mol. The molecule has 0 bridgehead atoms. The number of anilines is 1. The van der Waals surface area contributed by atoms with Crippen molar-refractivity contribution in [3.63, 3.8) is 0 Å². The fourth-order valence-corrected chi connectivity index (χ4v) is 3.43. The van der Waals surface area contributed by atoms with Crippen LogP contribution in [0, 0.1) is 6.33 Å². The second-order valence-electron chi connectivity index (χ2n) is 7.18. The minimum absolute atomic E-state index is 0. The van der Waals surface area contributed by atoms with Gasteiger partial charge in [0, 0.05) is 30.1 Å². The summed E-state index contributed by atoms with van der Waals surface area (Å²) in [7, 11) is 0. The van der Waals surface area contributed by atoms with Crippen LogP contribution in [0.2, 0.25) is 0 Å². The number of pyridine rings is 3. The Bertz CT molecular complexity index is 1200. The summed E-state index contributed by atoms with van der Waals surface area (Å²) in [6.07, 6.45) is 12.0. The van der Waals surface area contributed by atoms with E-state index in [0.717, 1.165) is 29.8 Å². The zero-order valence-electron chi connectivity index (χ0n) is 17.7. The number of fused-ring (bicyclic) bond motifs is 1. The molecule has 0 spiro atoms. The summed E-state index contributed by atoms with van der Waals surface area (Å²) in [5.74, 6) is -0.292. The van der Waals surface area contributed by atoms with Crippen LogP contribution in [-0.2, 0) is 0 Å². The van der Waals surface area contributed by atoms with Crippen molar-refractivity contribution >= 4 is 23.0 Å². The number of imidazole rings is 1. The number of rotatable bonds is 4. The average Bonchev–Trinajstić information content (AvgIpc) is 3.47. The van der Waals surface area contributed by atoms with Gasteiger partial charge in [-0.3, -0.25) is 9.36 Å². The van der Waals surface area contributed by atoms with Gasteiger partial charge < -0.3 is 25.4 Å². The maximum Gasteiger partial charge on any atom is 1.00 e. The molecule has 0 aromatic carbocycles. The van der Waals surface area contributed by atoms with Gasteiger partial charge in [0.25, 0.3) is 5.56 Å². The van der Waals surface area contributed by atoms with E-state index in [1.165, 1.54) is 35.7 Å². The fourth-order valence-electron chi connectivity index (χ4n) is 3.43. The van der Waals surface area contributed by atoms with Gasteiger partial charge in [-0.15, -0.1) is 0 Å². The van der Waals surface area contributed by atoms with Crippen molar-refractivity contribution in [2.24, 2.45) is 0 Å². The Balaban J connectivity index is 0.000000241. The Hall–Kier alpha value is -3.01. The van der Waals surface area contributed by atoms with E-state index in [2.05, 4.69) is 31.6 Å². The van der Waals surface area contributed by atoms with Crippen LogP contribution >= 0.6 is 0 Å². The van der Waals surface area contributed by atoms with Crippen molar-refractivity contribution < 1.29 is 39.5 Å². The van der Waals surface area contributed by atoms with Gasteiger partial charge in [-0.2, -0.15) is 0 Å². The van der Waals surface area contributed by atoms with E-state index >= 15 is 0 Å². The molecule has 1 saturated carbocycles. The molecule has 0 aliphatic heterocycles. The first-order chi connectivity index (χ1) is 15.1. The quantitative estimate of drug-likeness (QED) is 0.302. The molecule has 32 heavy (non-hydrogen) atoms. The molecule has 1 aliphatic carbocycles. The average molecular weight is 440 g/mol. The molecular weight excluding hydrogens is 419 g/mol. The van der Waals surface area contributed by atoms with E-state index in [4.69, 9.17) is 5.11 Å². The Morgan fingerprint density at radius 3 is 2.66 bits per heavy atom. The third-order valence-electron chi connectivity index (χ3n) is 5.03. The Kier molecular flexibility index (Phi) is 8.15. The van der Waals surface area contributed by atoms with Crippen molar-refractivity contribution in [3.05, 3.63) is 77.2 Å². The maximum absolute atomic E-state index is 11.9. The van der Waals surface area contributed by atoms with Crippen LogP contribution in [0.4, 0.5) is 5.82 Å². The van der Waals surface area contributed by atoms with Gasteiger partial charge in [0.2, 0.25) is 0 Å². The summed E-state index contributed by atoms with van der Waals surface area (Å²) in [5, 5.41) is 12.4. The molecule has 0 amide bonds. The number of hydrogen-bond acceptors (Lipinski definition) is 6. The number of aromatic nitrogens is 5. The summed E-state index contributed by atoms with van der Waals surface area (Å²) >= 11 is 0. The predicted molar refractivity (Wildman–Crippen MR) is 115 cm³/mol. The first kappa shape index (κ1) is 23.6. The smallest absolute Gasteiger partial charge is 0.478 e. The van der Waals surface area contributed by atoms with Crippen molar-refractivity contribution in [1.82, 2.24) is 24.5 Å². The molecule has 3 N–H and O–H groups in total. The van der Waals surface area contributed by atoms with Crippen LogP contribution in [0.25, 0.3) is 16.9 Å². The number of aromatic amines is 1. The Labute approximate surface area is 206 Å². The van der Waals surface area contributed by atoms with Gasteiger partial charge in [0.15, 0.2) is 0 Å². The molecule has 0 saturated heterocycles. The van der Waals surface area contributed by atoms with Gasteiger partial charge in [0.05, 0.1) is 17.4 Å². The van der Waals surface area contributed by atoms with Gasteiger partial charge in [-0.25, -0.2) is 9.78 Å². The van der Waals surface area contributed by atoms with E-state index in [-0.39, 0.29) is 40.7 Å². The summed E-state index contributed by atoms with van der Waals surface area (Å²) in [4.78, 5) is 37.8. The minimum Gasteiger partial charge on any atom is -0.478 e.